The van der Waals surface area contributed by atoms with Crippen molar-refractivity contribution in [2.45, 2.75) is 58.9 Å². The number of piperidine rings is 1. The molecule has 1 aromatic heterocycles. The minimum Gasteiger partial charge on any atom is -0.480 e. The average Bonchev–Trinajstić information content (AvgIpc) is 2.41. The topological polar surface area (TPSA) is 66.3 Å². The molecule has 1 aromatic rings. The summed E-state index contributed by atoms with van der Waals surface area (Å²) in [4.78, 5) is 22.6. The Bertz CT molecular complexity index is 514. The van der Waals surface area contributed by atoms with Crippen molar-refractivity contribution in [3.05, 3.63) is 17.1 Å². The molecule has 1 fully saturated rings. The van der Waals surface area contributed by atoms with Crippen LogP contribution in [-0.4, -0.2) is 33.6 Å². The average molecular weight is 277 g/mol. The van der Waals surface area contributed by atoms with Crippen molar-refractivity contribution < 1.29 is 9.90 Å². The van der Waals surface area contributed by atoms with Gasteiger partial charge >= 0.3 is 5.97 Å². The number of carbonyl (C=O) groups is 1. The summed E-state index contributed by atoms with van der Waals surface area (Å²) >= 11 is 0. The molecule has 0 amide bonds. The number of hydrogen-bond acceptors (Lipinski definition) is 4. The lowest BCUT2D eigenvalue weighted by Gasteiger charge is -2.35. The second kappa shape index (κ2) is 5.77. The van der Waals surface area contributed by atoms with Crippen molar-refractivity contribution >= 4 is 11.8 Å². The molecule has 5 heteroatoms. The van der Waals surface area contributed by atoms with Crippen LogP contribution in [0.1, 0.15) is 56.1 Å². The van der Waals surface area contributed by atoms with Gasteiger partial charge in [0, 0.05) is 23.7 Å². The van der Waals surface area contributed by atoms with Gasteiger partial charge in [0.05, 0.1) is 0 Å². The molecule has 110 valence electrons. The summed E-state index contributed by atoms with van der Waals surface area (Å²) in [5.41, 5.74) is 1.93. The van der Waals surface area contributed by atoms with Crippen LogP contribution in [0.3, 0.4) is 0 Å². The van der Waals surface area contributed by atoms with Crippen LogP contribution in [0.25, 0.3) is 0 Å². The molecule has 1 atom stereocenters. The third kappa shape index (κ3) is 2.76. The van der Waals surface area contributed by atoms with E-state index in [9.17, 15) is 9.90 Å². The van der Waals surface area contributed by atoms with E-state index in [1.165, 1.54) is 0 Å². The van der Waals surface area contributed by atoms with Crippen molar-refractivity contribution in [1.29, 1.82) is 0 Å². The highest BCUT2D eigenvalue weighted by Crippen LogP contribution is 2.28. The minimum absolute atomic E-state index is 0.237. The molecular formula is C15H23N3O2. The van der Waals surface area contributed by atoms with Crippen molar-refractivity contribution in [3.63, 3.8) is 0 Å². The maximum atomic E-state index is 11.5. The number of carboxylic acid groups (broad SMARTS) is 1. The number of anilines is 1. The molecule has 1 aliphatic heterocycles. The molecule has 1 saturated heterocycles. The molecule has 0 bridgehead atoms. The summed E-state index contributed by atoms with van der Waals surface area (Å²) in [6.07, 6.45) is 2.67. The van der Waals surface area contributed by atoms with E-state index in [1.807, 2.05) is 18.7 Å². The molecule has 0 saturated carbocycles. The van der Waals surface area contributed by atoms with E-state index >= 15 is 0 Å². The van der Waals surface area contributed by atoms with Gasteiger partial charge in [-0.25, -0.2) is 14.8 Å². The maximum Gasteiger partial charge on any atom is 0.326 e. The summed E-state index contributed by atoms with van der Waals surface area (Å²) in [5.74, 6) is 1.07. The second-order valence-electron chi connectivity index (χ2n) is 5.81. The third-order valence-electron chi connectivity index (χ3n) is 3.96. The van der Waals surface area contributed by atoms with Gasteiger partial charge in [0.2, 0.25) is 0 Å². The van der Waals surface area contributed by atoms with Gasteiger partial charge < -0.3 is 10.0 Å². The van der Waals surface area contributed by atoms with Gasteiger partial charge in [0.1, 0.15) is 17.7 Å². The van der Waals surface area contributed by atoms with Gasteiger partial charge in [-0.3, -0.25) is 0 Å². The highest BCUT2D eigenvalue weighted by atomic mass is 16.4. The molecule has 0 radical (unpaired) electrons. The molecule has 5 nitrogen and oxygen atoms in total. The highest BCUT2D eigenvalue weighted by molar-refractivity contribution is 5.78. The van der Waals surface area contributed by atoms with Gasteiger partial charge in [-0.15, -0.1) is 0 Å². The molecule has 1 N–H and O–H groups in total. The summed E-state index contributed by atoms with van der Waals surface area (Å²) in [7, 11) is 0. The first-order chi connectivity index (χ1) is 9.41. The Kier molecular flexibility index (Phi) is 4.26. The molecule has 2 rings (SSSR count). The van der Waals surface area contributed by atoms with Crippen molar-refractivity contribution in [2.75, 3.05) is 11.4 Å². The predicted molar refractivity (Wildman–Crippen MR) is 78.2 cm³/mol. The first-order valence-electron chi connectivity index (χ1n) is 7.26. The predicted octanol–water partition coefficient (Wildman–Crippen LogP) is 2.66. The Morgan fingerprint density at radius 1 is 1.30 bits per heavy atom. The van der Waals surface area contributed by atoms with Crippen LogP contribution < -0.4 is 4.90 Å². The Balaban J connectivity index is 2.46. The second-order valence-corrected chi connectivity index (χ2v) is 5.81. The fraction of sp³-hybridized carbons (Fsp3) is 0.667. The Hall–Kier alpha value is -1.65. The molecule has 1 unspecified atom stereocenters. The van der Waals surface area contributed by atoms with Gasteiger partial charge in [0.25, 0.3) is 0 Å². The SMILES string of the molecule is Cc1nc(C(C)C)nc(N2CCCCC2C(=O)O)c1C. The number of rotatable bonds is 3. The molecular weight excluding hydrogens is 254 g/mol. The summed E-state index contributed by atoms with van der Waals surface area (Å²) in [6.45, 7) is 8.80. The van der Waals surface area contributed by atoms with Crippen LogP contribution in [0, 0.1) is 13.8 Å². The first kappa shape index (κ1) is 14.8. The van der Waals surface area contributed by atoms with E-state index in [0.29, 0.717) is 6.42 Å². The lowest BCUT2D eigenvalue weighted by atomic mass is 10.0. The van der Waals surface area contributed by atoms with E-state index in [0.717, 1.165) is 42.3 Å². The van der Waals surface area contributed by atoms with E-state index in [-0.39, 0.29) is 5.92 Å². The van der Waals surface area contributed by atoms with E-state index in [1.54, 1.807) is 0 Å². The third-order valence-corrected chi connectivity index (χ3v) is 3.96. The van der Waals surface area contributed by atoms with Crippen LogP contribution in [0.5, 0.6) is 0 Å². The molecule has 20 heavy (non-hydrogen) atoms. The van der Waals surface area contributed by atoms with Crippen molar-refractivity contribution in [1.82, 2.24) is 9.97 Å². The number of aliphatic carboxylic acids is 1. The number of aromatic nitrogens is 2. The molecule has 1 aliphatic rings. The Morgan fingerprint density at radius 3 is 2.60 bits per heavy atom. The van der Waals surface area contributed by atoms with Gasteiger partial charge in [0.15, 0.2) is 0 Å². The van der Waals surface area contributed by atoms with E-state index in [4.69, 9.17) is 0 Å². The zero-order chi connectivity index (χ0) is 14.9. The Labute approximate surface area is 120 Å². The van der Waals surface area contributed by atoms with Crippen LogP contribution in [0.2, 0.25) is 0 Å². The summed E-state index contributed by atoms with van der Waals surface area (Å²) < 4.78 is 0. The van der Waals surface area contributed by atoms with Gasteiger partial charge in [-0.05, 0) is 33.1 Å². The molecule has 0 spiro atoms. The first-order valence-corrected chi connectivity index (χ1v) is 7.26. The van der Waals surface area contributed by atoms with Crippen LogP contribution in [-0.2, 0) is 4.79 Å². The largest absolute Gasteiger partial charge is 0.480 e. The molecule has 2 heterocycles. The fourth-order valence-corrected chi connectivity index (χ4v) is 2.61. The van der Waals surface area contributed by atoms with Crippen LogP contribution >= 0.6 is 0 Å². The number of nitrogens with zero attached hydrogens (tertiary/aromatic N) is 3. The number of aryl methyl sites for hydroxylation is 1. The number of carboxylic acids is 1. The summed E-state index contributed by atoms with van der Waals surface area (Å²) in [6, 6.07) is -0.461. The maximum absolute atomic E-state index is 11.5. The normalized spacial score (nSPS) is 19.4. The van der Waals surface area contributed by atoms with E-state index < -0.39 is 12.0 Å². The fourth-order valence-electron chi connectivity index (χ4n) is 2.61. The van der Waals surface area contributed by atoms with Crippen molar-refractivity contribution in [3.8, 4) is 0 Å². The van der Waals surface area contributed by atoms with Crippen molar-refractivity contribution in [2.24, 2.45) is 0 Å². The molecule has 0 aromatic carbocycles. The lowest BCUT2D eigenvalue weighted by Crippen LogP contribution is -2.45. The standard InChI is InChI=1S/C15H23N3O2/c1-9(2)13-16-11(4)10(3)14(17-13)18-8-6-5-7-12(18)15(19)20/h9,12H,5-8H2,1-4H3,(H,19,20). The summed E-state index contributed by atoms with van der Waals surface area (Å²) in [5, 5.41) is 9.42. The smallest absolute Gasteiger partial charge is 0.326 e. The lowest BCUT2D eigenvalue weighted by molar-refractivity contribution is -0.139. The zero-order valence-electron chi connectivity index (χ0n) is 12.7. The zero-order valence-corrected chi connectivity index (χ0v) is 12.7. The number of hydrogen-bond donors (Lipinski definition) is 1. The van der Waals surface area contributed by atoms with Gasteiger partial charge in [-0.2, -0.15) is 0 Å². The van der Waals surface area contributed by atoms with E-state index in [2.05, 4.69) is 23.8 Å². The quantitative estimate of drug-likeness (QED) is 0.920. The Morgan fingerprint density at radius 2 is 2.00 bits per heavy atom. The van der Waals surface area contributed by atoms with Crippen LogP contribution in [0.15, 0.2) is 0 Å². The molecule has 0 aliphatic carbocycles. The minimum atomic E-state index is -0.758. The van der Waals surface area contributed by atoms with Gasteiger partial charge in [-0.1, -0.05) is 13.8 Å². The monoisotopic (exact) mass is 277 g/mol. The van der Waals surface area contributed by atoms with Crippen LogP contribution in [0.4, 0.5) is 5.82 Å². The highest BCUT2D eigenvalue weighted by Gasteiger charge is 2.31.